The van der Waals surface area contributed by atoms with Crippen molar-refractivity contribution < 1.29 is 14.3 Å². The third-order valence-corrected chi connectivity index (χ3v) is 2.55. The summed E-state index contributed by atoms with van der Waals surface area (Å²) >= 11 is 0. The fraction of sp³-hybridized carbons (Fsp3) is 0.231. The van der Waals surface area contributed by atoms with Crippen LogP contribution >= 0.6 is 0 Å². The van der Waals surface area contributed by atoms with Crippen molar-refractivity contribution in [2.75, 3.05) is 31.8 Å². The Bertz CT molecular complexity index is 608. The fourth-order valence-corrected chi connectivity index (χ4v) is 1.51. The van der Waals surface area contributed by atoms with Crippen molar-refractivity contribution in [3.05, 3.63) is 29.8 Å². The molecule has 0 saturated carbocycles. The summed E-state index contributed by atoms with van der Waals surface area (Å²) in [7, 11) is 4.73. The number of nitrogens with zero attached hydrogens (tertiary/aromatic N) is 3. The minimum atomic E-state index is -0.406. The van der Waals surface area contributed by atoms with Crippen LogP contribution in [0.15, 0.2) is 24.3 Å². The molecule has 0 atom stereocenters. The quantitative estimate of drug-likeness (QED) is 0.800. The molecule has 0 aliphatic heterocycles. The van der Waals surface area contributed by atoms with Gasteiger partial charge in [-0.15, -0.1) is 0 Å². The molecule has 0 spiro atoms. The number of anilines is 2. The second-order valence-electron chi connectivity index (χ2n) is 3.88. The molecule has 0 unspecified atom stereocenters. The Morgan fingerprint density at radius 3 is 2.05 bits per heavy atom. The minimum Gasteiger partial charge on any atom is -0.465 e. The number of carbonyl (C=O) groups is 1. The van der Waals surface area contributed by atoms with Gasteiger partial charge in [-0.2, -0.15) is 15.0 Å². The highest BCUT2D eigenvalue weighted by Gasteiger charge is 2.08. The van der Waals surface area contributed by atoms with E-state index >= 15 is 0 Å². The molecule has 8 heteroatoms. The summed E-state index contributed by atoms with van der Waals surface area (Å²) in [5.74, 6) is 0.862. The summed E-state index contributed by atoms with van der Waals surface area (Å²) in [5, 5.41) is 5.63. The number of carbonyl (C=O) groups excluding carboxylic acids is 1. The molecule has 21 heavy (non-hydrogen) atoms. The molecular formula is C13H15N5O3. The van der Waals surface area contributed by atoms with Crippen molar-refractivity contribution in [2.24, 2.45) is 0 Å². The number of nitrogens with one attached hydrogen (secondary N) is 2. The molecule has 2 rings (SSSR count). The van der Waals surface area contributed by atoms with E-state index in [2.05, 4.69) is 30.3 Å². The summed E-state index contributed by atoms with van der Waals surface area (Å²) in [6, 6.07) is 6.60. The lowest BCUT2D eigenvalue weighted by atomic mass is 10.2. The van der Waals surface area contributed by atoms with Crippen LogP contribution in [0.4, 0.5) is 11.9 Å². The van der Waals surface area contributed by atoms with E-state index in [9.17, 15) is 4.79 Å². The number of esters is 1. The fourth-order valence-electron chi connectivity index (χ4n) is 1.51. The second-order valence-corrected chi connectivity index (χ2v) is 3.88. The molecule has 0 fully saturated rings. The van der Waals surface area contributed by atoms with Crippen LogP contribution in [-0.4, -0.2) is 42.1 Å². The van der Waals surface area contributed by atoms with Gasteiger partial charge in [0.1, 0.15) is 5.75 Å². The topological polar surface area (TPSA) is 98.3 Å². The van der Waals surface area contributed by atoms with Crippen LogP contribution in [0.3, 0.4) is 0 Å². The summed E-state index contributed by atoms with van der Waals surface area (Å²) < 4.78 is 10.2. The first kappa shape index (κ1) is 14.5. The van der Waals surface area contributed by atoms with Gasteiger partial charge in [-0.05, 0) is 24.3 Å². The van der Waals surface area contributed by atoms with Gasteiger partial charge in [-0.25, -0.2) is 4.79 Å². The number of hydrogen-bond donors (Lipinski definition) is 2. The first-order chi connectivity index (χ1) is 10.2. The summed E-state index contributed by atoms with van der Waals surface area (Å²) in [6.45, 7) is 0. The number of aromatic nitrogens is 3. The van der Waals surface area contributed by atoms with E-state index in [0.717, 1.165) is 0 Å². The normalized spacial score (nSPS) is 9.86. The van der Waals surface area contributed by atoms with Crippen LogP contribution in [0, 0.1) is 0 Å². The van der Waals surface area contributed by atoms with Crippen LogP contribution in [0.25, 0.3) is 0 Å². The van der Waals surface area contributed by atoms with E-state index < -0.39 is 5.97 Å². The van der Waals surface area contributed by atoms with E-state index in [1.807, 2.05) is 0 Å². The van der Waals surface area contributed by atoms with Gasteiger partial charge in [0, 0.05) is 14.1 Å². The average molecular weight is 289 g/mol. The number of benzene rings is 1. The van der Waals surface area contributed by atoms with Crippen molar-refractivity contribution in [3.63, 3.8) is 0 Å². The van der Waals surface area contributed by atoms with Crippen molar-refractivity contribution in [3.8, 4) is 11.8 Å². The van der Waals surface area contributed by atoms with E-state index in [4.69, 9.17) is 4.74 Å². The van der Waals surface area contributed by atoms with Gasteiger partial charge < -0.3 is 20.1 Å². The third kappa shape index (κ3) is 3.56. The summed E-state index contributed by atoms with van der Waals surface area (Å²) in [5.41, 5.74) is 0.437. The third-order valence-electron chi connectivity index (χ3n) is 2.55. The van der Waals surface area contributed by atoms with Gasteiger partial charge >= 0.3 is 12.0 Å². The van der Waals surface area contributed by atoms with Crippen LogP contribution in [0.1, 0.15) is 10.4 Å². The second kappa shape index (κ2) is 6.51. The van der Waals surface area contributed by atoms with Gasteiger partial charge in [0.15, 0.2) is 0 Å². The maximum absolute atomic E-state index is 11.3. The van der Waals surface area contributed by atoms with E-state index in [1.165, 1.54) is 7.11 Å². The maximum Gasteiger partial charge on any atom is 0.337 e. The van der Waals surface area contributed by atoms with Crippen LogP contribution < -0.4 is 15.4 Å². The highest BCUT2D eigenvalue weighted by molar-refractivity contribution is 5.89. The Labute approximate surface area is 121 Å². The van der Waals surface area contributed by atoms with Gasteiger partial charge in [0.25, 0.3) is 0 Å². The zero-order chi connectivity index (χ0) is 15.2. The summed E-state index contributed by atoms with van der Waals surface area (Å²) in [4.78, 5) is 23.6. The predicted molar refractivity (Wildman–Crippen MR) is 76.8 cm³/mol. The van der Waals surface area contributed by atoms with Crippen LogP contribution in [-0.2, 0) is 4.74 Å². The summed E-state index contributed by atoms with van der Waals surface area (Å²) in [6.07, 6.45) is 0. The lowest BCUT2D eigenvalue weighted by Gasteiger charge is -2.07. The Morgan fingerprint density at radius 1 is 1.00 bits per heavy atom. The molecule has 0 radical (unpaired) electrons. The monoisotopic (exact) mass is 289 g/mol. The Balaban J connectivity index is 2.19. The van der Waals surface area contributed by atoms with Crippen molar-refractivity contribution >= 4 is 17.9 Å². The SMILES string of the molecule is CNc1nc(NC)nc(Oc2ccc(C(=O)OC)cc2)n1. The van der Waals surface area contributed by atoms with Crippen LogP contribution in [0.5, 0.6) is 11.8 Å². The maximum atomic E-state index is 11.3. The highest BCUT2D eigenvalue weighted by atomic mass is 16.5. The van der Waals surface area contributed by atoms with E-state index in [-0.39, 0.29) is 6.01 Å². The average Bonchev–Trinajstić information content (AvgIpc) is 2.54. The molecule has 0 bridgehead atoms. The number of ether oxygens (including phenoxy) is 2. The van der Waals surface area contributed by atoms with Gasteiger partial charge in [0.2, 0.25) is 11.9 Å². The molecule has 1 aromatic heterocycles. The lowest BCUT2D eigenvalue weighted by molar-refractivity contribution is 0.0600. The van der Waals surface area contributed by atoms with Crippen molar-refractivity contribution in [1.29, 1.82) is 0 Å². The number of rotatable bonds is 5. The molecule has 8 nitrogen and oxygen atoms in total. The zero-order valence-electron chi connectivity index (χ0n) is 11.9. The number of hydrogen-bond acceptors (Lipinski definition) is 8. The molecule has 0 amide bonds. The molecule has 0 aliphatic rings. The number of methoxy groups -OCH3 is 1. The largest absolute Gasteiger partial charge is 0.465 e. The van der Waals surface area contributed by atoms with Crippen LogP contribution in [0.2, 0.25) is 0 Å². The van der Waals surface area contributed by atoms with Gasteiger partial charge in [0.05, 0.1) is 12.7 Å². The zero-order valence-corrected chi connectivity index (χ0v) is 11.9. The van der Waals surface area contributed by atoms with Crippen molar-refractivity contribution in [2.45, 2.75) is 0 Å². The molecule has 1 heterocycles. The standard InChI is InChI=1S/C13H15N5O3/c1-14-11-16-12(15-2)18-13(17-11)21-9-6-4-8(5-7-9)10(19)20-3/h4-7H,1-3H3,(H2,14,15,16,17,18). The first-order valence-corrected chi connectivity index (χ1v) is 6.14. The molecule has 110 valence electrons. The Morgan fingerprint density at radius 2 is 1.57 bits per heavy atom. The highest BCUT2D eigenvalue weighted by Crippen LogP contribution is 2.20. The Kier molecular flexibility index (Phi) is 4.50. The minimum absolute atomic E-state index is 0.143. The van der Waals surface area contributed by atoms with Crippen molar-refractivity contribution in [1.82, 2.24) is 15.0 Å². The molecule has 2 N–H and O–H groups in total. The first-order valence-electron chi connectivity index (χ1n) is 6.14. The Hall–Kier alpha value is -2.90. The van der Waals surface area contributed by atoms with E-state index in [0.29, 0.717) is 23.2 Å². The molecule has 1 aromatic carbocycles. The smallest absolute Gasteiger partial charge is 0.337 e. The van der Waals surface area contributed by atoms with Gasteiger partial charge in [-0.1, -0.05) is 0 Å². The molecule has 0 aliphatic carbocycles. The predicted octanol–water partition coefficient (Wildman–Crippen LogP) is 1.53. The molecular weight excluding hydrogens is 274 g/mol. The lowest BCUT2D eigenvalue weighted by Crippen LogP contribution is -2.05. The molecule has 0 saturated heterocycles. The van der Waals surface area contributed by atoms with Gasteiger partial charge in [-0.3, -0.25) is 0 Å². The molecule has 2 aromatic rings. The van der Waals surface area contributed by atoms with E-state index in [1.54, 1.807) is 38.4 Å².